The van der Waals surface area contributed by atoms with Crippen molar-refractivity contribution in [3.63, 3.8) is 0 Å². The maximum atomic E-state index is 13.1. The third kappa shape index (κ3) is 4.82. The number of hydrogen-bond donors (Lipinski definition) is 0. The van der Waals surface area contributed by atoms with Crippen molar-refractivity contribution in [3.8, 4) is 0 Å². The van der Waals surface area contributed by atoms with E-state index in [-0.39, 0.29) is 16.2 Å². The minimum atomic E-state index is -4.42. The average molecular weight is 382 g/mol. The van der Waals surface area contributed by atoms with E-state index in [1.54, 1.807) is 30.3 Å². The van der Waals surface area contributed by atoms with Crippen molar-refractivity contribution < 1.29 is 27.4 Å². The maximum Gasteiger partial charge on any atom is 0.417 e. The van der Waals surface area contributed by atoms with Crippen molar-refractivity contribution in [2.45, 2.75) is 16.8 Å². The number of carbonyl (C=O) groups is 1. The minimum Gasteiger partial charge on any atom is -0.503 e. The largest absolute Gasteiger partial charge is 0.503 e. The molecule has 2 rings (SSSR count). The van der Waals surface area contributed by atoms with E-state index >= 15 is 0 Å². The average Bonchev–Trinajstić information content (AvgIpc) is 2.63. The van der Waals surface area contributed by atoms with Crippen LogP contribution in [0.1, 0.15) is 16.7 Å². The van der Waals surface area contributed by atoms with Crippen LogP contribution in [0.5, 0.6) is 0 Å². The van der Waals surface area contributed by atoms with E-state index in [2.05, 4.69) is 0 Å². The van der Waals surface area contributed by atoms with Crippen molar-refractivity contribution >= 4 is 23.3 Å². The number of ether oxygens (including phenoxy) is 2. The fourth-order valence-electron chi connectivity index (χ4n) is 2.34. The molecule has 0 spiro atoms. The molecule has 3 nitrogen and oxygen atoms in total. The Morgan fingerprint density at radius 3 is 2.38 bits per heavy atom. The van der Waals surface area contributed by atoms with Gasteiger partial charge in [0.2, 0.25) is 0 Å². The molecule has 0 amide bonds. The summed E-state index contributed by atoms with van der Waals surface area (Å²) in [6, 6.07) is 12.4. The van der Waals surface area contributed by atoms with Gasteiger partial charge < -0.3 is 9.47 Å². The van der Waals surface area contributed by atoms with Crippen molar-refractivity contribution in [1.29, 1.82) is 0 Å². The number of halogens is 3. The van der Waals surface area contributed by atoms with Crippen LogP contribution in [0.4, 0.5) is 13.2 Å². The van der Waals surface area contributed by atoms with Crippen LogP contribution in [-0.2, 0) is 26.2 Å². The molecule has 0 radical (unpaired) electrons. The number of esters is 1. The summed E-state index contributed by atoms with van der Waals surface area (Å²) in [5, 5.41) is 0. The van der Waals surface area contributed by atoms with Crippen LogP contribution in [0, 0.1) is 0 Å². The number of benzene rings is 2. The van der Waals surface area contributed by atoms with Crippen LogP contribution >= 0.6 is 11.8 Å². The van der Waals surface area contributed by atoms with Crippen LogP contribution in [0.25, 0.3) is 5.57 Å². The monoisotopic (exact) mass is 382 g/mol. The highest BCUT2D eigenvalue weighted by molar-refractivity contribution is 7.98. The van der Waals surface area contributed by atoms with Gasteiger partial charge in [-0.1, -0.05) is 36.4 Å². The van der Waals surface area contributed by atoms with Crippen LogP contribution in [0.3, 0.4) is 0 Å². The van der Waals surface area contributed by atoms with Gasteiger partial charge in [-0.2, -0.15) is 13.2 Å². The second-order valence-electron chi connectivity index (χ2n) is 5.20. The maximum absolute atomic E-state index is 13.1. The third-order valence-electron chi connectivity index (χ3n) is 3.52. The van der Waals surface area contributed by atoms with E-state index < -0.39 is 17.7 Å². The molecule has 2 aromatic rings. The van der Waals surface area contributed by atoms with E-state index in [0.717, 1.165) is 17.8 Å². The summed E-state index contributed by atoms with van der Waals surface area (Å²) < 4.78 is 49.1. The Bertz CT molecular complexity index is 801. The molecule has 26 heavy (non-hydrogen) atoms. The van der Waals surface area contributed by atoms with Crippen LogP contribution < -0.4 is 0 Å². The lowest BCUT2D eigenvalue weighted by Gasteiger charge is -2.14. The van der Waals surface area contributed by atoms with Gasteiger partial charge in [0.1, 0.15) is 5.57 Å². The van der Waals surface area contributed by atoms with Crippen LogP contribution in [-0.4, -0.2) is 20.2 Å². The van der Waals surface area contributed by atoms with Gasteiger partial charge in [0.25, 0.3) is 0 Å². The molecule has 0 unspecified atom stereocenters. The van der Waals surface area contributed by atoms with Gasteiger partial charge in [-0.05, 0) is 23.3 Å². The first kappa shape index (κ1) is 19.9. The Labute approximate surface area is 153 Å². The predicted molar refractivity (Wildman–Crippen MR) is 94.4 cm³/mol. The first-order chi connectivity index (χ1) is 12.4. The lowest BCUT2D eigenvalue weighted by molar-refractivity contribution is -0.139. The molecule has 138 valence electrons. The normalized spacial score (nSPS) is 12.0. The summed E-state index contributed by atoms with van der Waals surface area (Å²) in [6.07, 6.45) is -3.16. The first-order valence-electron chi connectivity index (χ1n) is 7.57. The Morgan fingerprint density at radius 1 is 1.08 bits per heavy atom. The fraction of sp³-hybridized carbons (Fsp3) is 0.211. The molecule has 0 bridgehead atoms. The minimum absolute atomic E-state index is 0.130. The van der Waals surface area contributed by atoms with Gasteiger partial charge in [0, 0.05) is 10.6 Å². The van der Waals surface area contributed by atoms with E-state index in [1.807, 2.05) is 0 Å². The number of alkyl halides is 3. The third-order valence-corrected chi connectivity index (χ3v) is 4.65. The first-order valence-corrected chi connectivity index (χ1v) is 8.55. The number of methoxy groups -OCH3 is 2. The molecule has 0 saturated carbocycles. The van der Waals surface area contributed by atoms with Gasteiger partial charge in [0.05, 0.1) is 26.0 Å². The van der Waals surface area contributed by atoms with Gasteiger partial charge >= 0.3 is 12.1 Å². The summed E-state index contributed by atoms with van der Waals surface area (Å²) in [7, 11) is 2.66. The van der Waals surface area contributed by atoms with Crippen molar-refractivity contribution in [3.05, 3.63) is 71.5 Å². The lowest BCUT2D eigenvalue weighted by atomic mass is 10.0. The predicted octanol–water partition coefficient (Wildman–Crippen LogP) is 5.16. The molecular formula is C19H17F3O3S. The second kappa shape index (κ2) is 8.80. The van der Waals surface area contributed by atoms with E-state index in [0.29, 0.717) is 11.1 Å². The Hall–Kier alpha value is -2.41. The lowest BCUT2D eigenvalue weighted by Crippen LogP contribution is -2.07. The zero-order valence-corrected chi connectivity index (χ0v) is 15.0. The van der Waals surface area contributed by atoms with Gasteiger partial charge in [-0.25, -0.2) is 4.79 Å². The summed E-state index contributed by atoms with van der Waals surface area (Å²) in [5.41, 5.74) is 0.778. The second-order valence-corrected chi connectivity index (χ2v) is 6.22. The molecule has 0 aromatic heterocycles. The number of thioether (sulfide) groups is 1. The quantitative estimate of drug-likeness (QED) is 0.299. The molecule has 0 atom stereocenters. The molecular weight excluding hydrogens is 365 g/mol. The van der Waals surface area contributed by atoms with Crippen molar-refractivity contribution in [2.75, 3.05) is 14.2 Å². The summed E-state index contributed by atoms with van der Waals surface area (Å²) in [5.74, 6) is -0.332. The molecule has 0 aliphatic heterocycles. The molecule has 0 heterocycles. The molecule has 0 N–H and O–H groups in total. The molecule has 0 saturated heterocycles. The van der Waals surface area contributed by atoms with E-state index in [4.69, 9.17) is 9.47 Å². The van der Waals surface area contributed by atoms with E-state index in [9.17, 15) is 18.0 Å². The van der Waals surface area contributed by atoms with Crippen LogP contribution in [0.15, 0.2) is 59.7 Å². The zero-order chi connectivity index (χ0) is 19.2. The van der Waals surface area contributed by atoms with Gasteiger partial charge in [-0.15, -0.1) is 11.8 Å². The number of rotatable bonds is 6. The Morgan fingerprint density at radius 2 is 1.73 bits per heavy atom. The molecule has 0 fully saturated rings. The SMILES string of the molecule is CO/C=C(/C(=O)OC)c1ccccc1CSc1ccccc1C(F)(F)F. The van der Waals surface area contributed by atoms with E-state index in [1.165, 1.54) is 32.6 Å². The van der Waals surface area contributed by atoms with Crippen molar-refractivity contribution in [2.24, 2.45) is 0 Å². The van der Waals surface area contributed by atoms with Gasteiger partial charge in [-0.3, -0.25) is 0 Å². The topological polar surface area (TPSA) is 35.5 Å². The Kier molecular flexibility index (Phi) is 6.74. The smallest absolute Gasteiger partial charge is 0.417 e. The highest BCUT2D eigenvalue weighted by Crippen LogP contribution is 2.38. The summed E-state index contributed by atoms with van der Waals surface area (Å²) >= 11 is 1.06. The van der Waals surface area contributed by atoms with Crippen LogP contribution in [0.2, 0.25) is 0 Å². The molecule has 0 aliphatic carbocycles. The molecule has 2 aromatic carbocycles. The highest BCUT2D eigenvalue weighted by Gasteiger charge is 2.33. The summed E-state index contributed by atoms with van der Waals surface area (Å²) in [4.78, 5) is 12.1. The van der Waals surface area contributed by atoms with Crippen molar-refractivity contribution in [1.82, 2.24) is 0 Å². The standard InChI is InChI=1S/C19H17F3O3S/c1-24-11-15(18(23)25-2)14-8-4-3-7-13(14)12-26-17-10-6-5-9-16(17)19(20,21)22/h3-11H,12H2,1-2H3/b15-11+. The molecule has 7 heteroatoms. The molecule has 0 aliphatic rings. The Balaban J connectivity index is 2.33. The summed E-state index contributed by atoms with van der Waals surface area (Å²) in [6.45, 7) is 0. The number of carbonyl (C=O) groups excluding carboxylic acids is 1. The highest BCUT2D eigenvalue weighted by atomic mass is 32.2. The fourth-order valence-corrected chi connectivity index (χ4v) is 3.42. The van der Waals surface area contributed by atoms with Gasteiger partial charge in [0.15, 0.2) is 0 Å². The number of hydrogen-bond acceptors (Lipinski definition) is 4. The zero-order valence-electron chi connectivity index (χ0n) is 14.2.